The van der Waals surface area contributed by atoms with Crippen LogP contribution in [0, 0.1) is 0 Å². The number of carbonyl (C=O) groups is 1. The Balaban J connectivity index is 2.49. The van der Waals surface area contributed by atoms with Crippen molar-refractivity contribution in [3.05, 3.63) is 21.9 Å². The van der Waals surface area contributed by atoms with Crippen molar-refractivity contribution < 1.29 is 9.90 Å². The lowest BCUT2D eigenvalue weighted by Gasteiger charge is -2.21. The number of hydrogen-bond acceptors (Lipinski definition) is 3. The van der Waals surface area contributed by atoms with E-state index in [-0.39, 0.29) is 23.9 Å². The van der Waals surface area contributed by atoms with E-state index in [1.165, 1.54) is 11.8 Å². The van der Waals surface area contributed by atoms with Crippen molar-refractivity contribution in [2.24, 2.45) is 7.05 Å². The number of hydrogen-bond donors (Lipinski definition) is 3. The monoisotopic (exact) mass is 339 g/mol. The van der Waals surface area contributed by atoms with Gasteiger partial charge in [0.15, 0.2) is 0 Å². The average Bonchev–Trinajstić information content (AvgIpc) is 2.65. The van der Waals surface area contributed by atoms with Crippen molar-refractivity contribution >= 4 is 41.0 Å². The van der Waals surface area contributed by atoms with Crippen LogP contribution in [-0.2, 0) is 13.6 Å². The summed E-state index contributed by atoms with van der Waals surface area (Å²) in [6.07, 6.45) is 1.89. The first-order valence-electron chi connectivity index (χ1n) is 6.08. The van der Waals surface area contributed by atoms with Gasteiger partial charge in [0.1, 0.15) is 5.15 Å². The number of aromatic nitrogens is 1. The van der Waals surface area contributed by atoms with Crippen LogP contribution < -0.4 is 10.6 Å². The van der Waals surface area contributed by atoms with Crippen LogP contribution in [0.4, 0.5) is 4.79 Å². The third-order valence-electron chi connectivity index (χ3n) is 3.04. The molecule has 0 radical (unpaired) electrons. The van der Waals surface area contributed by atoms with Gasteiger partial charge in [-0.15, -0.1) is 0 Å². The summed E-state index contributed by atoms with van der Waals surface area (Å²) in [5.41, 5.74) is 0.811. The number of aliphatic hydroxyl groups is 1. The molecule has 114 valence electrons. The predicted molar refractivity (Wildman–Crippen MR) is 84.7 cm³/mol. The van der Waals surface area contributed by atoms with Crippen molar-refractivity contribution in [3.8, 4) is 0 Å². The zero-order valence-electron chi connectivity index (χ0n) is 11.6. The van der Waals surface area contributed by atoms with E-state index in [0.717, 1.165) is 5.69 Å². The lowest BCUT2D eigenvalue weighted by Crippen LogP contribution is -2.46. The largest absolute Gasteiger partial charge is 0.395 e. The molecule has 3 N–H and O–H groups in total. The SMILES string of the molecule is CSC(CO)C(C)NC(=O)NCc1cc(Cl)c(Cl)n1C. The molecule has 0 saturated heterocycles. The van der Waals surface area contributed by atoms with E-state index in [2.05, 4.69) is 10.6 Å². The van der Waals surface area contributed by atoms with E-state index in [1.54, 1.807) is 17.7 Å². The molecular weight excluding hydrogens is 321 g/mol. The molecule has 2 unspecified atom stereocenters. The highest BCUT2D eigenvalue weighted by Crippen LogP contribution is 2.24. The molecule has 20 heavy (non-hydrogen) atoms. The van der Waals surface area contributed by atoms with E-state index in [0.29, 0.717) is 16.7 Å². The first kappa shape index (κ1) is 17.5. The van der Waals surface area contributed by atoms with Crippen LogP contribution >= 0.6 is 35.0 Å². The number of halogens is 2. The summed E-state index contributed by atoms with van der Waals surface area (Å²) < 4.78 is 1.71. The van der Waals surface area contributed by atoms with Crippen LogP contribution in [0.15, 0.2) is 6.07 Å². The average molecular weight is 340 g/mol. The second kappa shape index (κ2) is 8.02. The first-order valence-corrected chi connectivity index (χ1v) is 8.12. The van der Waals surface area contributed by atoms with Crippen molar-refractivity contribution in [3.63, 3.8) is 0 Å². The smallest absolute Gasteiger partial charge is 0.315 e. The van der Waals surface area contributed by atoms with Gasteiger partial charge in [0.25, 0.3) is 0 Å². The fraction of sp³-hybridized carbons (Fsp3) is 0.583. The summed E-state index contributed by atoms with van der Waals surface area (Å²) in [4.78, 5) is 11.8. The number of nitrogens with zero attached hydrogens (tertiary/aromatic N) is 1. The third-order valence-corrected chi connectivity index (χ3v) is 5.05. The second-order valence-corrected chi connectivity index (χ2v) is 6.25. The Morgan fingerprint density at radius 2 is 2.20 bits per heavy atom. The van der Waals surface area contributed by atoms with Crippen LogP contribution in [0.1, 0.15) is 12.6 Å². The summed E-state index contributed by atoms with van der Waals surface area (Å²) in [7, 11) is 1.78. The summed E-state index contributed by atoms with van der Waals surface area (Å²) in [6, 6.07) is 1.29. The molecule has 2 amide bonds. The van der Waals surface area contributed by atoms with E-state index in [9.17, 15) is 4.79 Å². The van der Waals surface area contributed by atoms with Gasteiger partial charge >= 0.3 is 6.03 Å². The Hall–Kier alpha value is -0.560. The highest BCUT2D eigenvalue weighted by Gasteiger charge is 2.17. The number of aliphatic hydroxyl groups excluding tert-OH is 1. The molecule has 0 aliphatic carbocycles. The molecule has 0 saturated carbocycles. The molecule has 0 bridgehead atoms. The Bertz CT molecular complexity index is 464. The third kappa shape index (κ3) is 4.48. The molecule has 8 heteroatoms. The topological polar surface area (TPSA) is 66.3 Å². The molecule has 0 aliphatic rings. The molecule has 2 atom stereocenters. The zero-order valence-corrected chi connectivity index (χ0v) is 13.9. The highest BCUT2D eigenvalue weighted by atomic mass is 35.5. The molecule has 1 rings (SSSR count). The van der Waals surface area contributed by atoms with Crippen molar-refractivity contribution in [1.29, 1.82) is 0 Å². The van der Waals surface area contributed by atoms with Gasteiger partial charge in [-0.25, -0.2) is 4.79 Å². The van der Waals surface area contributed by atoms with Crippen molar-refractivity contribution in [2.75, 3.05) is 12.9 Å². The van der Waals surface area contributed by atoms with Crippen LogP contribution in [0.5, 0.6) is 0 Å². The van der Waals surface area contributed by atoms with E-state index in [1.807, 2.05) is 13.2 Å². The summed E-state index contributed by atoms with van der Waals surface area (Å²) in [6.45, 7) is 2.20. The van der Waals surface area contributed by atoms with E-state index < -0.39 is 0 Å². The van der Waals surface area contributed by atoms with Gasteiger partial charge in [-0.3, -0.25) is 0 Å². The minimum absolute atomic E-state index is 0.0195. The Kier molecular flexibility index (Phi) is 7.02. The van der Waals surface area contributed by atoms with Gasteiger partial charge < -0.3 is 20.3 Å². The quantitative estimate of drug-likeness (QED) is 0.744. The van der Waals surface area contributed by atoms with Crippen molar-refractivity contribution in [1.82, 2.24) is 15.2 Å². The van der Waals surface area contributed by atoms with Crippen LogP contribution in [0.3, 0.4) is 0 Å². The lowest BCUT2D eigenvalue weighted by molar-refractivity contribution is 0.232. The fourth-order valence-corrected chi connectivity index (χ4v) is 2.76. The lowest BCUT2D eigenvalue weighted by atomic mass is 10.2. The standard InChI is InChI=1S/C12H19Cl2N3O2S/c1-7(10(6-18)20-3)16-12(19)15-5-8-4-9(13)11(14)17(8)2/h4,7,10,18H,5-6H2,1-3H3,(H2,15,16,19). The maximum atomic E-state index is 11.8. The molecular formula is C12H19Cl2N3O2S. The second-order valence-electron chi connectivity index (χ2n) is 4.41. The minimum Gasteiger partial charge on any atom is -0.395 e. The van der Waals surface area contributed by atoms with Crippen LogP contribution in [0.25, 0.3) is 0 Å². The number of thioether (sulfide) groups is 1. The summed E-state index contributed by atoms with van der Waals surface area (Å²) in [5.74, 6) is 0. The molecule has 0 spiro atoms. The molecule has 0 fully saturated rings. The highest BCUT2D eigenvalue weighted by molar-refractivity contribution is 7.99. The van der Waals surface area contributed by atoms with E-state index >= 15 is 0 Å². The maximum absolute atomic E-state index is 11.8. The maximum Gasteiger partial charge on any atom is 0.315 e. The molecule has 0 aromatic carbocycles. The number of rotatable bonds is 6. The molecule has 5 nitrogen and oxygen atoms in total. The normalized spacial score (nSPS) is 13.9. The summed E-state index contributed by atoms with van der Waals surface area (Å²) in [5, 5.41) is 15.6. The molecule has 0 aliphatic heterocycles. The summed E-state index contributed by atoms with van der Waals surface area (Å²) >= 11 is 13.4. The van der Waals surface area contributed by atoms with Gasteiger partial charge in [-0.1, -0.05) is 23.2 Å². The number of carbonyl (C=O) groups excluding carboxylic acids is 1. The number of urea groups is 1. The molecule has 1 aromatic heterocycles. The Morgan fingerprint density at radius 3 is 2.65 bits per heavy atom. The van der Waals surface area contributed by atoms with Gasteiger partial charge in [-0.05, 0) is 19.2 Å². The van der Waals surface area contributed by atoms with Gasteiger partial charge in [0.05, 0.1) is 18.2 Å². The van der Waals surface area contributed by atoms with Crippen LogP contribution in [0.2, 0.25) is 10.2 Å². The number of amides is 2. The number of nitrogens with one attached hydrogen (secondary N) is 2. The molecule has 1 aromatic rings. The van der Waals surface area contributed by atoms with Crippen molar-refractivity contribution in [2.45, 2.75) is 24.8 Å². The minimum atomic E-state index is -0.293. The Morgan fingerprint density at radius 1 is 1.55 bits per heavy atom. The zero-order chi connectivity index (χ0) is 15.3. The van der Waals surface area contributed by atoms with E-state index in [4.69, 9.17) is 28.3 Å². The molecule has 1 heterocycles. The van der Waals surface area contributed by atoms with Crippen LogP contribution in [-0.4, -0.2) is 39.9 Å². The Labute approximate surface area is 133 Å². The van der Waals surface area contributed by atoms with Gasteiger partial charge in [0.2, 0.25) is 0 Å². The van der Waals surface area contributed by atoms with Gasteiger partial charge in [-0.2, -0.15) is 11.8 Å². The van der Waals surface area contributed by atoms with Gasteiger partial charge in [0, 0.05) is 24.0 Å². The predicted octanol–water partition coefficient (Wildman–Crippen LogP) is 2.24. The fourth-order valence-electron chi connectivity index (χ4n) is 1.72. The first-order chi connectivity index (χ1) is 9.40.